The fourth-order valence-corrected chi connectivity index (χ4v) is 0.413. The first-order valence-corrected chi connectivity index (χ1v) is 3.39. The van der Waals surface area contributed by atoms with Crippen LogP contribution in [0.4, 0.5) is 9.59 Å². The van der Waals surface area contributed by atoms with E-state index in [4.69, 9.17) is 0 Å². The molecule has 0 aromatic heterocycles. The molecule has 70 valence electrons. The van der Waals surface area contributed by atoms with Crippen molar-refractivity contribution in [2.45, 2.75) is 0 Å². The summed E-state index contributed by atoms with van der Waals surface area (Å²) in [4.78, 5) is 20.9. The fourth-order valence-electron chi connectivity index (χ4n) is 0.413. The van der Waals surface area contributed by atoms with E-state index in [0.29, 0.717) is 0 Å². The van der Waals surface area contributed by atoms with Gasteiger partial charge in [-0.1, -0.05) is 0 Å². The topological polar surface area (TPSA) is 76.7 Å². The summed E-state index contributed by atoms with van der Waals surface area (Å²) in [7, 11) is 2.89. The maximum atomic E-state index is 10.4. The number of carbonyl (C=O) groups is 2. The smallest absolute Gasteiger partial charge is 0.406 e. The van der Waals surface area contributed by atoms with Crippen LogP contribution in [-0.2, 0) is 9.47 Å². The highest BCUT2D eigenvalue weighted by Crippen LogP contribution is 1.79. The van der Waals surface area contributed by atoms with Crippen LogP contribution in [0.1, 0.15) is 0 Å². The first-order valence-electron chi connectivity index (χ1n) is 3.39. The zero-order chi connectivity index (χ0) is 9.40. The van der Waals surface area contributed by atoms with E-state index in [1.807, 2.05) is 0 Å². The molecule has 0 saturated carbocycles. The minimum Gasteiger partial charge on any atom is -0.446 e. The van der Waals surface area contributed by atoms with E-state index in [9.17, 15) is 9.59 Å². The first-order chi connectivity index (χ1) is 5.70. The van der Waals surface area contributed by atoms with Crippen molar-refractivity contribution in [1.82, 2.24) is 10.6 Å². The van der Waals surface area contributed by atoms with E-state index in [-0.39, 0.29) is 13.2 Å². The van der Waals surface area contributed by atoms with Crippen molar-refractivity contribution in [3.8, 4) is 0 Å². The molecule has 0 aliphatic heterocycles. The lowest BCUT2D eigenvalue weighted by atomic mass is 10.8. The van der Waals surface area contributed by atoms with E-state index < -0.39 is 12.2 Å². The Labute approximate surface area is 70.2 Å². The number of alkyl carbamates (subject to hydrolysis) is 2. The molecular formula is C6H12N2O4. The molecule has 6 nitrogen and oxygen atoms in total. The largest absolute Gasteiger partial charge is 0.446 e. The van der Waals surface area contributed by atoms with Gasteiger partial charge < -0.3 is 20.1 Å². The zero-order valence-corrected chi connectivity index (χ0v) is 7.05. The number of carbonyl (C=O) groups excluding carboxylic acids is 2. The Morgan fingerprint density at radius 2 is 1.33 bits per heavy atom. The van der Waals surface area contributed by atoms with E-state index >= 15 is 0 Å². The molecule has 0 aliphatic carbocycles. The van der Waals surface area contributed by atoms with E-state index in [1.165, 1.54) is 14.1 Å². The summed E-state index contributed by atoms with van der Waals surface area (Å²) in [5.41, 5.74) is 0. The molecule has 0 fully saturated rings. The quantitative estimate of drug-likeness (QED) is 0.579. The van der Waals surface area contributed by atoms with Crippen molar-refractivity contribution in [2.24, 2.45) is 0 Å². The minimum atomic E-state index is -0.546. The molecule has 0 aromatic carbocycles. The molecule has 0 aromatic rings. The molecule has 0 aliphatic rings. The van der Waals surface area contributed by atoms with Crippen LogP contribution in [0.2, 0.25) is 0 Å². The monoisotopic (exact) mass is 176 g/mol. The number of rotatable bonds is 3. The average Bonchev–Trinajstić information content (AvgIpc) is 2.11. The maximum Gasteiger partial charge on any atom is 0.406 e. The highest BCUT2D eigenvalue weighted by molar-refractivity contribution is 5.67. The molecule has 0 saturated heterocycles. The summed E-state index contributed by atoms with van der Waals surface area (Å²) in [5, 5.41) is 4.50. The molecular weight excluding hydrogens is 164 g/mol. The van der Waals surface area contributed by atoms with Crippen molar-refractivity contribution < 1.29 is 19.1 Å². The Kier molecular flexibility index (Phi) is 5.50. The van der Waals surface area contributed by atoms with E-state index in [2.05, 4.69) is 20.1 Å². The summed E-state index contributed by atoms with van der Waals surface area (Å²) in [6.45, 7) is 0.0974. The predicted molar refractivity (Wildman–Crippen MR) is 40.8 cm³/mol. The molecule has 0 rings (SSSR count). The van der Waals surface area contributed by atoms with E-state index in [1.54, 1.807) is 0 Å². The summed E-state index contributed by atoms with van der Waals surface area (Å²) >= 11 is 0. The van der Waals surface area contributed by atoms with Gasteiger partial charge in [-0.25, -0.2) is 9.59 Å². The summed E-state index contributed by atoms with van der Waals surface area (Å²) < 4.78 is 9.06. The zero-order valence-electron chi connectivity index (χ0n) is 7.05. The van der Waals surface area contributed by atoms with Gasteiger partial charge in [0.25, 0.3) is 0 Å². The third-order valence-electron chi connectivity index (χ3n) is 0.958. The van der Waals surface area contributed by atoms with Gasteiger partial charge in [0, 0.05) is 14.1 Å². The second-order valence-corrected chi connectivity index (χ2v) is 1.77. The molecule has 2 N–H and O–H groups in total. The van der Waals surface area contributed by atoms with Crippen LogP contribution in [0.25, 0.3) is 0 Å². The van der Waals surface area contributed by atoms with Crippen molar-refractivity contribution >= 4 is 12.2 Å². The van der Waals surface area contributed by atoms with Crippen LogP contribution in [0.3, 0.4) is 0 Å². The van der Waals surface area contributed by atoms with Crippen molar-refractivity contribution in [1.29, 1.82) is 0 Å². The number of amides is 2. The van der Waals surface area contributed by atoms with Gasteiger partial charge in [-0.15, -0.1) is 0 Å². The van der Waals surface area contributed by atoms with Crippen molar-refractivity contribution in [2.75, 3.05) is 27.3 Å². The van der Waals surface area contributed by atoms with Crippen LogP contribution < -0.4 is 10.6 Å². The first kappa shape index (κ1) is 10.5. The van der Waals surface area contributed by atoms with Gasteiger partial charge in [-0.3, -0.25) is 0 Å². The standard InChI is InChI=1S/C6H12N2O4/c1-7-5(9)11-3-4-12-6(10)8-2/h3-4H2,1-2H3,(H,7,9)(H,8,10). The Morgan fingerprint density at radius 1 is 1.00 bits per heavy atom. The van der Waals surface area contributed by atoms with Crippen LogP contribution in [0, 0.1) is 0 Å². The van der Waals surface area contributed by atoms with Gasteiger partial charge in [0.05, 0.1) is 0 Å². The molecule has 0 heterocycles. The van der Waals surface area contributed by atoms with Crippen LogP contribution >= 0.6 is 0 Å². The third-order valence-corrected chi connectivity index (χ3v) is 0.958. The molecule has 0 atom stereocenters. The SMILES string of the molecule is CNC(=O)OCCOC(=O)NC. The van der Waals surface area contributed by atoms with Gasteiger partial charge in [0.2, 0.25) is 0 Å². The number of ether oxygens (including phenoxy) is 2. The molecule has 0 radical (unpaired) electrons. The molecule has 6 heteroatoms. The van der Waals surface area contributed by atoms with Crippen LogP contribution in [0.15, 0.2) is 0 Å². The summed E-state index contributed by atoms with van der Waals surface area (Å²) in [5.74, 6) is 0. The third kappa shape index (κ3) is 5.33. The highest BCUT2D eigenvalue weighted by atomic mass is 16.6. The van der Waals surface area contributed by atoms with Gasteiger partial charge in [-0.2, -0.15) is 0 Å². The van der Waals surface area contributed by atoms with Gasteiger partial charge in [0.1, 0.15) is 13.2 Å². The normalized spacial score (nSPS) is 8.50. The number of hydrogen-bond acceptors (Lipinski definition) is 4. The Balaban J connectivity index is 3.21. The number of nitrogens with one attached hydrogen (secondary N) is 2. The lowest BCUT2D eigenvalue weighted by Gasteiger charge is -2.04. The highest BCUT2D eigenvalue weighted by Gasteiger charge is 1.99. The van der Waals surface area contributed by atoms with Crippen molar-refractivity contribution in [3.05, 3.63) is 0 Å². The van der Waals surface area contributed by atoms with Gasteiger partial charge in [-0.05, 0) is 0 Å². The average molecular weight is 176 g/mol. The molecule has 2 amide bonds. The predicted octanol–water partition coefficient (Wildman–Crippen LogP) is -0.302. The molecule has 0 bridgehead atoms. The van der Waals surface area contributed by atoms with Crippen LogP contribution in [-0.4, -0.2) is 39.5 Å². The van der Waals surface area contributed by atoms with Crippen molar-refractivity contribution in [3.63, 3.8) is 0 Å². The van der Waals surface area contributed by atoms with Gasteiger partial charge in [0.15, 0.2) is 0 Å². The maximum absolute atomic E-state index is 10.4. The summed E-state index contributed by atoms with van der Waals surface area (Å²) in [6, 6.07) is 0. The second kappa shape index (κ2) is 6.26. The Morgan fingerprint density at radius 3 is 1.58 bits per heavy atom. The van der Waals surface area contributed by atoms with Crippen LogP contribution in [0.5, 0.6) is 0 Å². The molecule has 0 unspecified atom stereocenters. The Hall–Kier alpha value is -1.46. The molecule has 0 spiro atoms. The van der Waals surface area contributed by atoms with Gasteiger partial charge >= 0.3 is 12.2 Å². The fraction of sp³-hybridized carbons (Fsp3) is 0.667. The molecule has 12 heavy (non-hydrogen) atoms. The minimum absolute atomic E-state index is 0.0487. The lowest BCUT2D eigenvalue weighted by molar-refractivity contribution is 0.0977. The summed E-state index contributed by atoms with van der Waals surface area (Å²) in [6.07, 6.45) is -1.09. The lowest BCUT2D eigenvalue weighted by Crippen LogP contribution is -2.24. The Bertz CT molecular complexity index is 142. The van der Waals surface area contributed by atoms with E-state index in [0.717, 1.165) is 0 Å². The second-order valence-electron chi connectivity index (χ2n) is 1.77. The number of hydrogen-bond donors (Lipinski definition) is 2.